The van der Waals surface area contributed by atoms with Crippen LogP contribution in [0.1, 0.15) is 43.1 Å². The standard InChI is InChI=1S/C18H19N5O3/c1-10(2)23-16-13(9-19-23)12(8-14(20-16)15-4-3-7-26-15)18(25)22-21-17(24)11-5-6-11/h3-4,7-11H,5-6H2,1-2H3,(H,21,24)(H,22,25). The van der Waals surface area contributed by atoms with Crippen molar-refractivity contribution in [2.45, 2.75) is 32.7 Å². The molecule has 8 nitrogen and oxygen atoms in total. The number of aromatic nitrogens is 3. The van der Waals surface area contributed by atoms with E-state index in [2.05, 4.69) is 20.9 Å². The number of hydrogen-bond donors (Lipinski definition) is 2. The normalized spacial score (nSPS) is 14.0. The van der Waals surface area contributed by atoms with Crippen LogP contribution in [-0.4, -0.2) is 26.6 Å². The van der Waals surface area contributed by atoms with Gasteiger partial charge in [0.25, 0.3) is 5.91 Å². The third-order valence-corrected chi connectivity index (χ3v) is 4.32. The zero-order valence-corrected chi connectivity index (χ0v) is 14.5. The van der Waals surface area contributed by atoms with Gasteiger partial charge in [0.2, 0.25) is 5.91 Å². The van der Waals surface area contributed by atoms with Crippen molar-refractivity contribution >= 4 is 22.8 Å². The Morgan fingerprint density at radius 2 is 2.12 bits per heavy atom. The van der Waals surface area contributed by atoms with Crippen molar-refractivity contribution in [3.05, 3.63) is 36.2 Å². The summed E-state index contributed by atoms with van der Waals surface area (Å²) < 4.78 is 7.18. The van der Waals surface area contributed by atoms with Gasteiger partial charge in [0.15, 0.2) is 11.4 Å². The van der Waals surface area contributed by atoms with Crippen molar-refractivity contribution in [3.8, 4) is 11.5 Å². The van der Waals surface area contributed by atoms with Gasteiger partial charge in [0.05, 0.1) is 23.4 Å². The van der Waals surface area contributed by atoms with Gasteiger partial charge in [-0.25, -0.2) is 9.67 Å². The van der Waals surface area contributed by atoms with Crippen molar-refractivity contribution in [1.29, 1.82) is 0 Å². The molecular weight excluding hydrogens is 334 g/mol. The molecule has 2 amide bonds. The first kappa shape index (κ1) is 16.3. The topological polar surface area (TPSA) is 102 Å². The molecule has 8 heteroatoms. The second kappa shape index (κ2) is 6.29. The van der Waals surface area contributed by atoms with Gasteiger partial charge in [-0.15, -0.1) is 0 Å². The molecule has 0 atom stereocenters. The van der Waals surface area contributed by atoms with Gasteiger partial charge in [-0.2, -0.15) is 5.10 Å². The van der Waals surface area contributed by atoms with Gasteiger partial charge < -0.3 is 4.42 Å². The number of nitrogens with zero attached hydrogens (tertiary/aromatic N) is 3. The lowest BCUT2D eigenvalue weighted by Crippen LogP contribution is -2.42. The Bertz CT molecular complexity index is 970. The summed E-state index contributed by atoms with van der Waals surface area (Å²) in [6.07, 6.45) is 4.90. The number of carbonyl (C=O) groups excluding carboxylic acids is 2. The summed E-state index contributed by atoms with van der Waals surface area (Å²) in [6, 6.07) is 5.26. The molecule has 1 saturated carbocycles. The lowest BCUT2D eigenvalue weighted by molar-refractivity contribution is -0.123. The number of fused-ring (bicyclic) bond motifs is 1. The van der Waals surface area contributed by atoms with Gasteiger partial charge in [0.1, 0.15) is 5.69 Å². The van der Waals surface area contributed by atoms with E-state index in [1.54, 1.807) is 35.3 Å². The highest BCUT2D eigenvalue weighted by Crippen LogP contribution is 2.29. The minimum Gasteiger partial charge on any atom is -0.463 e. The monoisotopic (exact) mass is 353 g/mol. The van der Waals surface area contributed by atoms with Crippen LogP contribution in [0.25, 0.3) is 22.5 Å². The third-order valence-electron chi connectivity index (χ3n) is 4.32. The van der Waals surface area contributed by atoms with E-state index in [1.807, 2.05) is 13.8 Å². The van der Waals surface area contributed by atoms with Crippen LogP contribution in [0.3, 0.4) is 0 Å². The van der Waals surface area contributed by atoms with E-state index < -0.39 is 5.91 Å². The number of rotatable bonds is 4. The van der Waals surface area contributed by atoms with E-state index in [4.69, 9.17) is 4.42 Å². The maximum absolute atomic E-state index is 12.7. The quantitative estimate of drug-likeness (QED) is 0.702. The summed E-state index contributed by atoms with van der Waals surface area (Å²) in [5, 5.41) is 4.97. The second-order valence-electron chi connectivity index (χ2n) is 6.67. The van der Waals surface area contributed by atoms with Gasteiger partial charge in [0, 0.05) is 12.0 Å². The van der Waals surface area contributed by atoms with Crippen molar-refractivity contribution in [2.24, 2.45) is 5.92 Å². The van der Waals surface area contributed by atoms with Crippen LogP contribution in [0.15, 0.2) is 35.1 Å². The zero-order valence-electron chi connectivity index (χ0n) is 14.5. The maximum atomic E-state index is 12.7. The first-order valence-corrected chi connectivity index (χ1v) is 8.57. The number of hydrogen-bond acceptors (Lipinski definition) is 5. The smallest absolute Gasteiger partial charge is 0.270 e. The van der Waals surface area contributed by atoms with Crippen molar-refractivity contribution in [2.75, 3.05) is 0 Å². The molecule has 3 heterocycles. The average Bonchev–Trinajstić information content (AvgIpc) is 3.16. The number of amides is 2. The molecule has 1 aliphatic carbocycles. The molecule has 0 aromatic carbocycles. The van der Waals surface area contributed by atoms with Crippen molar-refractivity contribution < 1.29 is 14.0 Å². The van der Waals surface area contributed by atoms with E-state index >= 15 is 0 Å². The van der Waals surface area contributed by atoms with E-state index in [0.29, 0.717) is 28.1 Å². The zero-order chi connectivity index (χ0) is 18.3. The maximum Gasteiger partial charge on any atom is 0.270 e. The second-order valence-corrected chi connectivity index (χ2v) is 6.67. The Morgan fingerprint density at radius 3 is 2.77 bits per heavy atom. The fraction of sp³-hybridized carbons (Fsp3) is 0.333. The highest BCUT2D eigenvalue weighted by atomic mass is 16.3. The van der Waals surface area contributed by atoms with Gasteiger partial charge in [-0.1, -0.05) is 0 Å². The molecule has 0 unspecified atom stereocenters. The molecule has 0 aliphatic heterocycles. The molecule has 1 fully saturated rings. The van der Waals surface area contributed by atoms with Crippen LogP contribution >= 0.6 is 0 Å². The third kappa shape index (κ3) is 2.94. The Morgan fingerprint density at radius 1 is 1.31 bits per heavy atom. The summed E-state index contributed by atoms with van der Waals surface area (Å²) in [5.74, 6) is -0.00935. The molecule has 3 aromatic heterocycles. The van der Waals surface area contributed by atoms with Crippen LogP contribution in [-0.2, 0) is 4.79 Å². The summed E-state index contributed by atoms with van der Waals surface area (Å²) in [6.45, 7) is 3.98. The fourth-order valence-corrected chi connectivity index (χ4v) is 2.77. The molecule has 26 heavy (non-hydrogen) atoms. The SMILES string of the molecule is CC(C)n1ncc2c(C(=O)NNC(=O)C3CC3)cc(-c3ccco3)nc21. The number of nitrogens with one attached hydrogen (secondary N) is 2. The fourth-order valence-electron chi connectivity index (χ4n) is 2.77. The van der Waals surface area contributed by atoms with Crippen LogP contribution in [0, 0.1) is 5.92 Å². The van der Waals surface area contributed by atoms with Gasteiger partial charge in [-0.3, -0.25) is 20.4 Å². The molecular formula is C18H19N5O3. The van der Waals surface area contributed by atoms with Crippen molar-refractivity contribution in [1.82, 2.24) is 25.6 Å². The van der Waals surface area contributed by atoms with Crippen LogP contribution < -0.4 is 10.9 Å². The Balaban J connectivity index is 1.74. The summed E-state index contributed by atoms with van der Waals surface area (Å²) in [5.41, 5.74) is 6.47. The first-order valence-electron chi connectivity index (χ1n) is 8.57. The molecule has 4 rings (SSSR count). The highest BCUT2D eigenvalue weighted by Gasteiger charge is 2.30. The number of hydrazine groups is 1. The Hall–Kier alpha value is -3.16. The molecule has 0 spiro atoms. The molecule has 0 saturated heterocycles. The van der Waals surface area contributed by atoms with E-state index in [9.17, 15) is 9.59 Å². The number of pyridine rings is 1. The van der Waals surface area contributed by atoms with Gasteiger partial charge >= 0.3 is 0 Å². The summed E-state index contributed by atoms with van der Waals surface area (Å²) >= 11 is 0. The average molecular weight is 353 g/mol. The molecule has 0 bridgehead atoms. The number of furan rings is 1. The molecule has 134 valence electrons. The predicted octanol–water partition coefficient (Wildman–Crippen LogP) is 2.44. The minimum atomic E-state index is -0.414. The highest BCUT2D eigenvalue weighted by molar-refractivity contribution is 6.06. The van der Waals surface area contributed by atoms with E-state index in [1.165, 1.54) is 0 Å². The summed E-state index contributed by atoms with van der Waals surface area (Å²) in [7, 11) is 0. The lowest BCUT2D eigenvalue weighted by atomic mass is 10.1. The minimum absolute atomic E-state index is 0.00938. The van der Waals surface area contributed by atoms with E-state index in [0.717, 1.165) is 12.8 Å². The van der Waals surface area contributed by atoms with Gasteiger partial charge in [-0.05, 0) is 44.9 Å². The molecule has 2 N–H and O–H groups in total. The Labute approximate surface area is 149 Å². The predicted molar refractivity (Wildman–Crippen MR) is 93.9 cm³/mol. The first-order chi connectivity index (χ1) is 12.5. The molecule has 1 aliphatic rings. The van der Waals surface area contributed by atoms with Crippen LogP contribution in [0.2, 0.25) is 0 Å². The lowest BCUT2D eigenvalue weighted by Gasteiger charge is -2.10. The van der Waals surface area contributed by atoms with Crippen LogP contribution in [0.4, 0.5) is 0 Å². The van der Waals surface area contributed by atoms with Crippen molar-refractivity contribution in [3.63, 3.8) is 0 Å². The Kier molecular flexibility index (Phi) is 3.95. The summed E-state index contributed by atoms with van der Waals surface area (Å²) in [4.78, 5) is 29.1. The van der Waals surface area contributed by atoms with Crippen LogP contribution in [0.5, 0.6) is 0 Å². The molecule has 3 aromatic rings. The largest absolute Gasteiger partial charge is 0.463 e. The molecule has 0 radical (unpaired) electrons. The van der Waals surface area contributed by atoms with E-state index in [-0.39, 0.29) is 17.9 Å². The number of carbonyl (C=O) groups is 2.